The molecule has 0 saturated carbocycles. The molecular weight excluding hydrogens is 984 g/mol. The molecule has 0 bridgehead atoms. The van der Waals surface area contributed by atoms with E-state index in [9.17, 15) is 23.6 Å². The molecule has 0 radical (unpaired) electrons. The van der Waals surface area contributed by atoms with E-state index in [1.165, 1.54) is 17.7 Å². The van der Waals surface area contributed by atoms with Crippen molar-refractivity contribution in [3.8, 4) is 34.4 Å². The number of rotatable bonds is 14. The van der Waals surface area contributed by atoms with Gasteiger partial charge < -0.3 is 20.1 Å². The fourth-order valence-corrected chi connectivity index (χ4v) is 9.38. The van der Waals surface area contributed by atoms with Gasteiger partial charge in [-0.2, -0.15) is 10.2 Å². The molecule has 0 spiro atoms. The molecule has 2 N–H and O–H groups in total. The van der Waals surface area contributed by atoms with Gasteiger partial charge in [0.2, 0.25) is 11.8 Å². The third kappa shape index (κ3) is 11.8. The zero-order valence-electron chi connectivity index (χ0n) is 44.6. The normalized spacial score (nSPS) is 12.8. The molecule has 15 heteroatoms. The predicted octanol–water partition coefficient (Wildman–Crippen LogP) is 12.0. The molecule has 11 rings (SSSR count). The van der Waals surface area contributed by atoms with E-state index in [-0.39, 0.29) is 65.7 Å². The number of hydrogen-bond acceptors (Lipinski definition) is 10. The smallest absolute Gasteiger partial charge is 0.230 e. The Kier molecular flexibility index (Phi) is 14.4. The summed E-state index contributed by atoms with van der Waals surface area (Å²) in [6.07, 6.45) is 4.69. The second-order valence-electron chi connectivity index (χ2n) is 21.8. The van der Waals surface area contributed by atoms with E-state index in [1.807, 2.05) is 89.6 Å². The van der Waals surface area contributed by atoms with Crippen LogP contribution in [0.1, 0.15) is 92.1 Å². The van der Waals surface area contributed by atoms with Crippen LogP contribution in [0, 0.1) is 12.7 Å². The molecule has 14 nitrogen and oxygen atoms in total. The number of halogens is 1. The molecule has 9 aromatic rings. The van der Waals surface area contributed by atoms with Gasteiger partial charge >= 0.3 is 0 Å². The second kappa shape index (κ2) is 21.5. The molecular formula is C63H59FN8O6. The number of hydrogen-bond donors (Lipinski definition) is 2. The SMILES string of the molecule is CC(C)(C)c1cc(CC(=O)Cc2ccc(Oc3ccnc4c3CC(=O)N4)c3ccccc23)n(-c2ccc(F)cc2)n1.Cc1ccc(-n2nc(C(C)(C)C)cc2CC(=O)Cc2ccc(Oc3ccnc4c3CC(=O)N4)cc2)cc1. The highest BCUT2D eigenvalue weighted by atomic mass is 19.1. The number of fused-ring (bicyclic) bond motifs is 3. The molecule has 0 fully saturated rings. The van der Waals surface area contributed by atoms with Crippen molar-refractivity contribution in [3.63, 3.8) is 0 Å². The lowest BCUT2D eigenvalue weighted by molar-refractivity contribution is -0.118. The van der Waals surface area contributed by atoms with Crippen LogP contribution in [0.5, 0.6) is 23.0 Å². The third-order valence-corrected chi connectivity index (χ3v) is 13.6. The van der Waals surface area contributed by atoms with Gasteiger partial charge in [0.25, 0.3) is 0 Å². The van der Waals surface area contributed by atoms with Crippen LogP contribution in [-0.2, 0) is 68.5 Å². The van der Waals surface area contributed by atoms with Gasteiger partial charge in [0.1, 0.15) is 52.0 Å². The fraction of sp³-hybridized carbons (Fsp3) is 0.238. The van der Waals surface area contributed by atoms with Gasteiger partial charge in [-0.15, -0.1) is 0 Å². The summed E-state index contributed by atoms with van der Waals surface area (Å²) in [4.78, 5) is 58.6. The van der Waals surface area contributed by atoms with E-state index in [0.717, 1.165) is 61.5 Å². The Morgan fingerprint density at radius 2 is 1.06 bits per heavy atom. The highest BCUT2D eigenvalue weighted by Crippen LogP contribution is 2.38. The Bertz CT molecular complexity index is 3760. The largest absolute Gasteiger partial charge is 0.457 e. The molecule has 2 aliphatic rings. The molecule has 0 aliphatic carbocycles. The van der Waals surface area contributed by atoms with Crippen molar-refractivity contribution in [1.82, 2.24) is 29.5 Å². The molecule has 6 heterocycles. The van der Waals surface area contributed by atoms with Crippen LogP contribution in [0.3, 0.4) is 0 Å². The number of Topliss-reactive ketones (excluding diaryl/α,β-unsaturated/α-hetero) is 2. The van der Waals surface area contributed by atoms with E-state index in [4.69, 9.17) is 19.7 Å². The first-order chi connectivity index (χ1) is 37.3. The molecule has 0 unspecified atom stereocenters. The van der Waals surface area contributed by atoms with Crippen molar-refractivity contribution >= 4 is 45.8 Å². The molecule has 394 valence electrons. The number of carbonyl (C=O) groups excluding carboxylic acids is 4. The Balaban J connectivity index is 0.000000177. The van der Waals surface area contributed by atoms with Crippen molar-refractivity contribution in [1.29, 1.82) is 0 Å². The number of anilines is 2. The lowest BCUT2D eigenvalue weighted by atomic mass is 9.92. The minimum absolute atomic E-state index is 0.0316. The Hall–Kier alpha value is -9.11. The summed E-state index contributed by atoms with van der Waals surface area (Å²) >= 11 is 0. The number of aryl methyl sites for hydroxylation is 1. The Morgan fingerprint density at radius 1 is 0.564 bits per heavy atom. The van der Waals surface area contributed by atoms with Crippen LogP contribution >= 0.6 is 0 Å². The predicted molar refractivity (Wildman–Crippen MR) is 298 cm³/mol. The van der Waals surface area contributed by atoms with E-state index >= 15 is 0 Å². The Morgan fingerprint density at radius 3 is 1.60 bits per heavy atom. The van der Waals surface area contributed by atoms with Crippen molar-refractivity contribution in [3.05, 3.63) is 202 Å². The van der Waals surface area contributed by atoms with Crippen molar-refractivity contribution in [2.75, 3.05) is 10.6 Å². The summed E-state index contributed by atoms with van der Waals surface area (Å²) in [5.74, 6) is 3.12. The standard InChI is InChI=1S/C33H29FN4O3.C30H30N4O3/c1-33(2,3)30-18-23(38(37-30)22-11-9-21(34)10-12-22)17-24(39)16-20-8-13-28(26-7-5-4-6-25(20)26)41-29-14-15-35-32-27(29)19-31(40)36-32;1-19-5-9-21(10-6-19)34-22(17-27(33-34)30(2,3)4)16-23(35)15-20-7-11-24(12-8-20)37-26-13-14-31-29-25(26)18-28(36)32-29/h4-15,18H,16-17,19H2,1-3H3,(H,35,36,40);5-14,17H,15-16,18H2,1-4H3,(H,31,32,36). The third-order valence-electron chi connectivity index (χ3n) is 13.6. The first kappa shape index (κ1) is 52.3. The van der Waals surface area contributed by atoms with Crippen LogP contribution in [-0.4, -0.2) is 52.9 Å². The molecule has 4 aromatic heterocycles. The molecule has 2 amide bonds. The quantitative estimate of drug-likeness (QED) is 0.107. The van der Waals surface area contributed by atoms with Crippen LogP contribution in [0.4, 0.5) is 16.0 Å². The average Bonchev–Trinajstić information content (AvgIpc) is 4.26. The number of carbonyl (C=O) groups is 4. The first-order valence-electron chi connectivity index (χ1n) is 25.9. The molecule has 5 aromatic carbocycles. The summed E-state index contributed by atoms with van der Waals surface area (Å²) in [7, 11) is 0. The minimum Gasteiger partial charge on any atom is -0.457 e. The summed E-state index contributed by atoms with van der Waals surface area (Å²) in [6.45, 7) is 14.6. The van der Waals surface area contributed by atoms with Gasteiger partial charge in [-0.3, -0.25) is 19.2 Å². The fourth-order valence-electron chi connectivity index (χ4n) is 9.38. The monoisotopic (exact) mass is 1040 g/mol. The van der Waals surface area contributed by atoms with Gasteiger partial charge in [0, 0.05) is 65.4 Å². The zero-order chi connectivity index (χ0) is 54.9. The number of nitrogens with one attached hydrogen (secondary N) is 2. The molecule has 2 aliphatic heterocycles. The van der Waals surface area contributed by atoms with Crippen molar-refractivity contribution in [2.45, 2.75) is 97.8 Å². The van der Waals surface area contributed by atoms with E-state index in [0.29, 0.717) is 53.2 Å². The van der Waals surface area contributed by atoms with Gasteiger partial charge in [-0.05, 0) is 102 Å². The zero-order valence-corrected chi connectivity index (χ0v) is 44.6. The number of benzene rings is 5. The lowest BCUT2D eigenvalue weighted by Crippen LogP contribution is -2.13. The molecule has 0 saturated heterocycles. The second-order valence-corrected chi connectivity index (χ2v) is 21.8. The van der Waals surface area contributed by atoms with Crippen LogP contribution < -0.4 is 20.1 Å². The number of pyridine rings is 2. The van der Waals surface area contributed by atoms with Crippen LogP contribution in [0.15, 0.2) is 146 Å². The molecule has 78 heavy (non-hydrogen) atoms. The summed E-state index contributed by atoms with van der Waals surface area (Å²) in [5, 5.41) is 16.9. The van der Waals surface area contributed by atoms with Gasteiger partial charge in [-0.1, -0.05) is 102 Å². The highest BCUT2D eigenvalue weighted by molar-refractivity contribution is 6.00. The maximum atomic E-state index is 13.6. The first-order valence-corrected chi connectivity index (χ1v) is 25.9. The molecule has 0 atom stereocenters. The Labute approximate surface area is 451 Å². The average molecular weight is 1040 g/mol. The number of ether oxygens (including phenoxy) is 2. The highest BCUT2D eigenvalue weighted by Gasteiger charge is 2.27. The minimum atomic E-state index is -0.327. The topological polar surface area (TPSA) is 172 Å². The number of aromatic nitrogens is 6. The van der Waals surface area contributed by atoms with E-state index in [2.05, 4.69) is 81.2 Å². The summed E-state index contributed by atoms with van der Waals surface area (Å²) in [5.41, 5.74) is 9.23. The van der Waals surface area contributed by atoms with Crippen molar-refractivity contribution in [2.24, 2.45) is 0 Å². The van der Waals surface area contributed by atoms with Gasteiger partial charge in [-0.25, -0.2) is 23.7 Å². The maximum Gasteiger partial charge on any atom is 0.230 e. The number of ketones is 2. The van der Waals surface area contributed by atoms with E-state index < -0.39 is 0 Å². The van der Waals surface area contributed by atoms with E-state index in [1.54, 1.807) is 41.3 Å². The maximum absolute atomic E-state index is 13.6. The number of amides is 2. The van der Waals surface area contributed by atoms with Crippen LogP contribution in [0.2, 0.25) is 0 Å². The summed E-state index contributed by atoms with van der Waals surface area (Å²) in [6, 6.07) is 40.9. The van der Waals surface area contributed by atoms with Gasteiger partial charge in [0.15, 0.2) is 0 Å². The lowest BCUT2D eigenvalue weighted by Gasteiger charge is -2.14. The number of nitrogens with zero attached hydrogens (tertiary/aromatic N) is 6. The van der Waals surface area contributed by atoms with Crippen LogP contribution in [0.25, 0.3) is 22.1 Å². The summed E-state index contributed by atoms with van der Waals surface area (Å²) < 4.78 is 29.5. The van der Waals surface area contributed by atoms with Crippen molar-refractivity contribution < 1.29 is 33.0 Å². The van der Waals surface area contributed by atoms with Gasteiger partial charge in [0.05, 0.1) is 47.0 Å².